The normalized spacial score (nSPS) is 11.4. The SMILES string of the molecule is c1ccc(-c2nc(-c3ccc(-c4cccc(-n5c6ccccc6c6c(-c7ccccc7)cccc65)c4)cc3)nc(-c3ccc4ccccc4c3)n2)cc1. The third-order valence-corrected chi connectivity index (χ3v) is 10.0. The van der Waals surface area contributed by atoms with Crippen LogP contribution in [0.15, 0.2) is 194 Å². The minimum absolute atomic E-state index is 0.641. The lowest BCUT2D eigenvalue weighted by Gasteiger charge is -2.12. The molecule has 8 aromatic carbocycles. The largest absolute Gasteiger partial charge is 0.309 e. The van der Waals surface area contributed by atoms with Crippen LogP contribution in [-0.2, 0) is 0 Å². The van der Waals surface area contributed by atoms with Crippen molar-refractivity contribution in [3.63, 3.8) is 0 Å². The lowest BCUT2D eigenvalue weighted by molar-refractivity contribution is 1.07. The molecule has 0 aliphatic heterocycles. The number of benzene rings is 8. The maximum absolute atomic E-state index is 5.02. The summed E-state index contributed by atoms with van der Waals surface area (Å²) < 4.78 is 2.39. The van der Waals surface area contributed by atoms with Crippen molar-refractivity contribution < 1.29 is 0 Å². The summed E-state index contributed by atoms with van der Waals surface area (Å²) in [7, 11) is 0. The van der Waals surface area contributed by atoms with E-state index in [0.29, 0.717) is 17.5 Å². The zero-order chi connectivity index (χ0) is 35.1. The summed E-state index contributed by atoms with van der Waals surface area (Å²) in [5, 5.41) is 4.84. The van der Waals surface area contributed by atoms with Crippen molar-refractivity contribution >= 4 is 32.6 Å². The Morgan fingerprint density at radius 1 is 0.321 bits per heavy atom. The summed E-state index contributed by atoms with van der Waals surface area (Å²) in [6.45, 7) is 0. The van der Waals surface area contributed by atoms with Gasteiger partial charge in [-0.1, -0.05) is 164 Å². The molecule has 0 aliphatic carbocycles. The molecule has 0 saturated heterocycles. The smallest absolute Gasteiger partial charge is 0.164 e. The van der Waals surface area contributed by atoms with E-state index in [-0.39, 0.29) is 0 Å². The first-order valence-corrected chi connectivity index (χ1v) is 17.9. The van der Waals surface area contributed by atoms with Crippen LogP contribution >= 0.6 is 0 Å². The number of nitrogens with zero attached hydrogens (tertiary/aromatic N) is 4. The van der Waals surface area contributed by atoms with Gasteiger partial charge in [0.25, 0.3) is 0 Å². The highest BCUT2D eigenvalue weighted by Crippen LogP contribution is 2.39. The molecule has 10 rings (SSSR count). The number of hydrogen-bond donors (Lipinski definition) is 0. The fraction of sp³-hybridized carbons (Fsp3) is 0. The molecule has 2 aromatic heterocycles. The minimum Gasteiger partial charge on any atom is -0.309 e. The topological polar surface area (TPSA) is 43.6 Å². The van der Waals surface area contributed by atoms with Crippen LogP contribution in [0.25, 0.3) is 94.7 Å². The van der Waals surface area contributed by atoms with Gasteiger partial charge in [0.15, 0.2) is 17.5 Å². The van der Waals surface area contributed by atoms with Crippen LogP contribution in [0.3, 0.4) is 0 Å². The minimum atomic E-state index is 0.641. The quantitative estimate of drug-likeness (QED) is 0.176. The zero-order valence-corrected chi connectivity index (χ0v) is 28.8. The molecule has 0 bridgehead atoms. The van der Waals surface area contributed by atoms with Crippen LogP contribution in [0.5, 0.6) is 0 Å². The van der Waals surface area contributed by atoms with E-state index in [1.165, 1.54) is 38.3 Å². The first-order chi connectivity index (χ1) is 26.3. The van der Waals surface area contributed by atoms with E-state index < -0.39 is 0 Å². The number of aromatic nitrogens is 4. The maximum atomic E-state index is 5.02. The fourth-order valence-corrected chi connectivity index (χ4v) is 7.47. The Morgan fingerprint density at radius 2 is 0.868 bits per heavy atom. The molecule has 0 radical (unpaired) electrons. The van der Waals surface area contributed by atoms with Gasteiger partial charge >= 0.3 is 0 Å². The Hall–Kier alpha value is -7.17. The molecule has 0 atom stereocenters. The van der Waals surface area contributed by atoms with Crippen molar-refractivity contribution in [2.45, 2.75) is 0 Å². The van der Waals surface area contributed by atoms with E-state index >= 15 is 0 Å². The Morgan fingerprint density at radius 3 is 1.64 bits per heavy atom. The first-order valence-electron chi connectivity index (χ1n) is 17.9. The Labute approximate surface area is 307 Å². The van der Waals surface area contributed by atoms with E-state index in [1.807, 2.05) is 30.3 Å². The molecule has 10 aromatic rings. The Bertz CT molecular complexity index is 2930. The molecular weight excluding hydrogens is 645 g/mol. The molecule has 0 N–H and O–H groups in total. The monoisotopic (exact) mass is 676 g/mol. The number of fused-ring (bicyclic) bond motifs is 4. The number of para-hydroxylation sites is 1. The molecule has 248 valence electrons. The van der Waals surface area contributed by atoms with Gasteiger partial charge in [-0.05, 0) is 63.4 Å². The van der Waals surface area contributed by atoms with Gasteiger partial charge in [0.05, 0.1) is 11.0 Å². The van der Waals surface area contributed by atoms with Crippen LogP contribution in [0.4, 0.5) is 0 Å². The van der Waals surface area contributed by atoms with Gasteiger partial charge in [0.1, 0.15) is 0 Å². The van der Waals surface area contributed by atoms with Gasteiger partial charge < -0.3 is 4.57 Å². The highest BCUT2D eigenvalue weighted by atomic mass is 15.0. The highest BCUT2D eigenvalue weighted by molar-refractivity contribution is 6.15. The average molecular weight is 677 g/mol. The van der Waals surface area contributed by atoms with Gasteiger partial charge in [-0.3, -0.25) is 0 Å². The second-order valence-corrected chi connectivity index (χ2v) is 13.3. The van der Waals surface area contributed by atoms with Crippen LogP contribution < -0.4 is 0 Å². The predicted molar refractivity (Wildman–Crippen MR) is 219 cm³/mol. The van der Waals surface area contributed by atoms with Crippen molar-refractivity contribution in [1.29, 1.82) is 0 Å². The fourth-order valence-electron chi connectivity index (χ4n) is 7.47. The molecule has 0 spiro atoms. The van der Waals surface area contributed by atoms with Gasteiger partial charge in [-0.25, -0.2) is 15.0 Å². The standard InChI is InChI=1S/C49H32N4/c1-3-14-35(15-4-1)42-22-12-24-45-46(42)43-21-9-10-23-44(43)53(45)41-20-11-19-39(32-41)34-25-28-37(29-26-34)48-50-47(36-16-5-2-6-17-36)51-49(52-48)40-30-27-33-13-7-8-18-38(33)31-40/h1-32H. The van der Waals surface area contributed by atoms with Gasteiger partial charge in [-0.15, -0.1) is 0 Å². The summed E-state index contributed by atoms with van der Waals surface area (Å²) in [4.78, 5) is 14.9. The molecule has 0 saturated carbocycles. The molecular formula is C49H32N4. The van der Waals surface area contributed by atoms with E-state index in [4.69, 9.17) is 15.0 Å². The Kier molecular flexibility index (Phi) is 7.43. The van der Waals surface area contributed by atoms with Crippen molar-refractivity contribution in [2.75, 3.05) is 0 Å². The van der Waals surface area contributed by atoms with Crippen LogP contribution in [0.2, 0.25) is 0 Å². The van der Waals surface area contributed by atoms with Gasteiger partial charge in [0, 0.05) is 33.2 Å². The third-order valence-electron chi connectivity index (χ3n) is 10.0. The first kappa shape index (κ1) is 30.6. The van der Waals surface area contributed by atoms with Crippen molar-refractivity contribution in [3.8, 4) is 62.1 Å². The van der Waals surface area contributed by atoms with Gasteiger partial charge in [0.2, 0.25) is 0 Å². The summed E-state index contributed by atoms with van der Waals surface area (Å²) in [6, 6.07) is 68.2. The van der Waals surface area contributed by atoms with E-state index in [9.17, 15) is 0 Å². The summed E-state index contributed by atoms with van der Waals surface area (Å²) in [6.07, 6.45) is 0. The summed E-state index contributed by atoms with van der Waals surface area (Å²) >= 11 is 0. The predicted octanol–water partition coefficient (Wildman–Crippen LogP) is 12.5. The van der Waals surface area contributed by atoms with Crippen LogP contribution in [-0.4, -0.2) is 19.5 Å². The van der Waals surface area contributed by atoms with Crippen LogP contribution in [0, 0.1) is 0 Å². The molecule has 53 heavy (non-hydrogen) atoms. The highest BCUT2D eigenvalue weighted by Gasteiger charge is 2.17. The van der Waals surface area contributed by atoms with E-state index in [0.717, 1.165) is 38.9 Å². The molecule has 0 fully saturated rings. The summed E-state index contributed by atoms with van der Waals surface area (Å²) in [5.74, 6) is 1.94. The maximum Gasteiger partial charge on any atom is 0.164 e. The molecule has 4 nitrogen and oxygen atoms in total. The van der Waals surface area contributed by atoms with Crippen molar-refractivity contribution in [2.24, 2.45) is 0 Å². The lowest BCUT2D eigenvalue weighted by atomic mass is 9.99. The molecule has 2 heterocycles. The molecule has 0 aliphatic rings. The van der Waals surface area contributed by atoms with E-state index in [1.54, 1.807) is 0 Å². The second kappa shape index (κ2) is 12.9. The lowest BCUT2D eigenvalue weighted by Crippen LogP contribution is -2.00. The number of rotatable bonds is 6. The van der Waals surface area contributed by atoms with Crippen molar-refractivity contribution in [1.82, 2.24) is 19.5 Å². The van der Waals surface area contributed by atoms with E-state index in [2.05, 4.69) is 168 Å². The molecule has 4 heteroatoms. The van der Waals surface area contributed by atoms with Gasteiger partial charge in [-0.2, -0.15) is 0 Å². The Balaban J connectivity index is 1.05. The van der Waals surface area contributed by atoms with Crippen molar-refractivity contribution in [3.05, 3.63) is 194 Å². The summed E-state index contributed by atoms with van der Waals surface area (Å²) in [5.41, 5.74) is 11.0. The average Bonchev–Trinajstić information content (AvgIpc) is 3.59. The zero-order valence-electron chi connectivity index (χ0n) is 28.8. The molecule has 0 unspecified atom stereocenters. The van der Waals surface area contributed by atoms with Crippen LogP contribution in [0.1, 0.15) is 0 Å². The molecule has 0 amide bonds. The number of hydrogen-bond acceptors (Lipinski definition) is 3. The third kappa shape index (κ3) is 5.54. The second-order valence-electron chi connectivity index (χ2n) is 13.3.